The lowest BCUT2D eigenvalue weighted by atomic mass is 10.1. The number of nitrogens with zero attached hydrogens (tertiary/aromatic N) is 2. The van der Waals surface area contributed by atoms with Crippen LogP contribution in [0.15, 0.2) is 48.7 Å². The van der Waals surface area contributed by atoms with E-state index in [0.29, 0.717) is 33.6 Å². The highest BCUT2D eigenvalue weighted by Gasteiger charge is 2.18. The molecule has 146 valence electrons. The third kappa shape index (κ3) is 4.69. The van der Waals surface area contributed by atoms with Gasteiger partial charge in [-0.25, -0.2) is 4.68 Å². The van der Waals surface area contributed by atoms with Crippen molar-refractivity contribution in [1.29, 1.82) is 0 Å². The molecular formula is C21H20Cl3N3O. The van der Waals surface area contributed by atoms with Crippen LogP contribution in [-0.4, -0.2) is 22.2 Å². The van der Waals surface area contributed by atoms with Crippen LogP contribution >= 0.6 is 34.8 Å². The van der Waals surface area contributed by atoms with Crippen molar-refractivity contribution in [1.82, 2.24) is 15.1 Å². The SMILES string of the molecule is CCCc1c(C(=O)NCCc2c(Cl)cccc2Cl)cnn1-c1ccc(Cl)cc1. The number of carbonyl (C=O) groups excluding carboxylic acids is 1. The molecule has 28 heavy (non-hydrogen) atoms. The van der Waals surface area contributed by atoms with Crippen LogP contribution in [0.2, 0.25) is 15.1 Å². The lowest BCUT2D eigenvalue weighted by Gasteiger charge is -2.10. The number of halogens is 3. The summed E-state index contributed by atoms with van der Waals surface area (Å²) < 4.78 is 1.79. The number of carbonyl (C=O) groups is 1. The van der Waals surface area contributed by atoms with Gasteiger partial charge in [-0.05, 0) is 54.8 Å². The maximum atomic E-state index is 12.7. The monoisotopic (exact) mass is 435 g/mol. The van der Waals surface area contributed by atoms with Crippen LogP contribution in [0.5, 0.6) is 0 Å². The zero-order valence-corrected chi connectivity index (χ0v) is 17.7. The fourth-order valence-corrected chi connectivity index (χ4v) is 3.73. The average molecular weight is 437 g/mol. The number of rotatable bonds is 7. The van der Waals surface area contributed by atoms with Crippen LogP contribution in [0.1, 0.15) is 35.0 Å². The molecule has 1 N–H and O–H groups in total. The molecule has 0 aliphatic rings. The third-order valence-corrected chi connectivity index (χ3v) is 5.35. The minimum atomic E-state index is -0.160. The van der Waals surface area contributed by atoms with Gasteiger partial charge in [-0.15, -0.1) is 0 Å². The van der Waals surface area contributed by atoms with Crippen molar-refractivity contribution >= 4 is 40.7 Å². The summed E-state index contributed by atoms with van der Waals surface area (Å²) in [6.45, 7) is 2.50. The standard InChI is InChI=1S/C21H20Cl3N3O/c1-2-4-20-17(13-26-27(20)15-9-7-14(22)8-10-15)21(28)25-12-11-16-18(23)5-3-6-19(16)24/h3,5-10,13H,2,4,11-12H2,1H3,(H,25,28). The van der Waals surface area contributed by atoms with E-state index in [1.165, 1.54) is 0 Å². The zero-order chi connectivity index (χ0) is 20.1. The van der Waals surface area contributed by atoms with E-state index in [9.17, 15) is 4.79 Å². The second-order valence-electron chi connectivity index (χ2n) is 6.35. The van der Waals surface area contributed by atoms with Gasteiger partial charge in [-0.3, -0.25) is 4.79 Å². The van der Waals surface area contributed by atoms with Gasteiger partial charge in [0.25, 0.3) is 5.91 Å². The van der Waals surface area contributed by atoms with Gasteiger partial charge in [-0.2, -0.15) is 5.10 Å². The summed E-state index contributed by atoms with van der Waals surface area (Å²) in [7, 11) is 0. The average Bonchev–Trinajstić information content (AvgIpc) is 3.09. The highest BCUT2D eigenvalue weighted by Crippen LogP contribution is 2.24. The molecule has 7 heteroatoms. The van der Waals surface area contributed by atoms with Crippen LogP contribution in [0.4, 0.5) is 0 Å². The quantitative estimate of drug-likeness (QED) is 0.512. The van der Waals surface area contributed by atoms with Crippen molar-refractivity contribution < 1.29 is 4.79 Å². The predicted molar refractivity (Wildman–Crippen MR) is 115 cm³/mol. The topological polar surface area (TPSA) is 46.9 Å². The molecule has 0 radical (unpaired) electrons. The first-order valence-corrected chi connectivity index (χ1v) is 10.2. The molecule has 1 heterocycles. The number of aromatic nitrogens is 2. The van der Waals surface area contributed by atoms with E-state index in [1.807, 2.05) is 12.1 Å². The summed E-state index contributed by atoms with van der Waals surface area (Å²) in [5, 5.41) is 9.22. The van der Waals surface area contributed by atoms with E-state index in [2.05, 4.69) is 17.3 Å². The van der Waals surface area contributed by atoms with E-state index in [0.717, 1.165) is 29.8 Å². The molecular weight excluding hydrogens is 417 g/mol. The minimum Gasteiger partial charge on any atom is -0.352 e. The molecule has 1 amide bonds. The number of hydrogen-bond acceptors (Lipinski definition) is 2. The summed E-state index contributed by atoms with van der Waals surface area (Å²) in [6, 6.07) is 12.8. The van der Waals surface area contributed by atoms with Gasteiger partial charge >= 0.3 is 0 Å². The Morgan fingerprint density at radius 1 is 1.04 bits per heavy atom. The van der Waals surface area contributed by atoms with E-state index in [1.54, 1.807) is 41.2 Å². The van der Waals surface area contributed by atoms with Gasteiger partial charge in [0.05, 0.1) is 23.1 Å². The maximum absolute atomic E-state index is 12.7. The minimum absolute atomic E-state index is 0.160. The molecule has 0 saturated carbocycles. The third-order valence-electron chi connectivity index (χ3n) is 4.39. The van der Waals surface area contributed by atoms with Crippen molar-refractivity contribution in [3.63, 3.8) is 0 Å². The van der Waals surface area contributed by atoms with Crippen molar-refractivity contribution in [2.45, 2.75) is 26.2 Å². The van der Waals surface area contributed by atoms with E-state index in [-0.39, 0.29) is 5.91 Å². The summed E-state index contributed by atoms with van der Waals surface area (Å²) in [5.41, 5.74) is 3.15. The van der Waals surface area contributed by atoms with Crippen LogP contribution in [0.3, 0.4) is 0 Å². The number of hydrogen-bond donors (Lipinski definition) is 1. The predicted octanol–water partition coefficient (Wildman–Crippen LogP) is 5.76. The Balaban J connectivity index is 1.75. The van der Waals surface area contributed by atoms with Gasteiger partial charge in [0, 0.05) is 21.6 Å². The molecule has 0 saturated heterocycles. The maximum Gasteiger partial charge on any atom is 0.254 e. The van der Waals surface area contributed by atoms with Crippen molar-refractivity contribution in [3.05, 3.63) is 80.6 Å². The van der Waals surface area contributed by atoms with E-state index < -0.39 is 0 Å². The fraction of sp³-hybridized carbons (Fsp3) is 0.238. The highest BCUT2D eigenvalue weighted by atomic mass is 35.5. The van der Waals surface area contributed by atoms with Crippen molar-refractivity contribution in [2.75, 3.05) is 6.54 Å². The molecule has 0 bridgehead atoms. The molecule has 1 aromatic heterocycles. The lowest BCUT2D eigenvalue weighted by Crippen LogP contribution is -2.26. The summed E-state index contributed by atoms with van der Waals surface area (Å²) in [5.74, 6) is -0.160. The summed E-state index contributed by atoms with van der Waals surface area (Å²) >= 11 is 18.4. The number of nitrogens with one attached hydrogen (secondary N) is 1. The van der Waals surface area contributed by atoms with Crippen LogP contribution < -0.4 is 5.32 Å². The number of amides is 1. The molecule has 0 atom stereocenters. The van der Waals surface area contributed by atoms with Gasteiger partial charge < -0.3 is 5.32 Å². The van der Waals surface area contributed by atoms with E-state index in [4.69, 9.17) is 34.8 Å². The largest absolute Gasteiger partial charge is 0.352 e. The molecule has 3 rings (SSSR count). The van der Waals surface area contributed by atoms with Gasteiger partial charge in [0.2, 0.25) is 0 Å². The second-order valence-corrected chi connectivity index (χ2v) is 7.60. The zero-order valence-electron chi connectivity index (χ0n) is 15.4. The molecule has 0 fully saturated rings. The highest BCUT2D eigenvalue weighted by molar-refractivity contribution is 6.36. The molecule has 0 spiro atoms. The Labute approximate surface area is 179 Å². The molecule has 2 aromatic carbocycles. The van der Waals surface area contributed by atoms with Crippen LogP contribution in [0, 0.1) is 0 Å². The first kappa shape index (κ1) is 20.7. The van der Waals surface area contributed by atoms with Crippen LogP contribution in [-0.2, 0) is 12.8 Å². The molecule has 4 nitrogen and oxygen atoms in total. The Hall–Kier alpha value is -2.01. The smallest absolute Gasteiger partial charge is 0.254 e. The Bertz CT molecular complexity index is 947. The summed E-state index contributed by atoms with van der Waals surface area (Å²) in [6.07, 6.45) is 3.80. The Morgan fingerprint density at radius 2 is 1.71 bits per heavy atom. The Kier molecular flexibility index (Phi) is 7.00. The normalized spacial score (nSPS) is 10.9. The van der Waals surface area contributed by atoms with E-state index >= 15 is 0 Å². The molecule has 0 unspecified atom stereocenters. The van der Waals surface area contributed by atoms with Crippen molar-refractivity contribution in [2.24, 2.45) is 0 Å². The first-order valence-electron chi connectivity index (χ1n) is 9.05. The molecule has 0 aliphatic heterocycles. The van der Waals surface area contributed by atoms with Gasteiger partial charge in [0.1, 0.15) is 0 Å². The van der Waals surface area contributed by atoms with Crippen LogP contribution in [0.25, 0.3) is 5.69 Å². The van der Waals surface area contributed by atoms with Gasteiger partial charge in [0.15, 0.2) is 0 Å². The Morgan fingerprint density at radius 3 is 2.36 bits per heavy atom. The second kappa shape index (κ2) is 9.46. The van der Waals surface area contributed by atoms with Crippen molar-refractivity contribution in [3.8, 4) is 5.69 Å². The molecule has 0 aliphatic carbocycles. The molecule has 3 aromatic rings. The number of benzene rings is 2. The summed E-state index contributed by atoms with van der Waals surface area (Å²) in [4.78, 5) is 12.7. The first-order chi connectivity index (χ1) is 13.5. The van der Waals surface area contributed by atoms with Gasteiger partial charge in [-0.1, -0.05) is 54.2 Å². The lowest BCUT2D eigenvalue weighted by molar-refractivity contribution is 0.0953. The fourth-order valence-electron chi connectivity index (χ4n) is 3.01.